The van der Waals surface area contributed by atoms with Gasteiger partial charge in [-0.2, -0.15) is 5.26 Å². The highest BCUT2D eigenvalue weighted by Crippen LogP contribution is 2.36. The highest BCUT2D eigenvalue weighted by molar-refractivity contribution is 6.31. The first kappa shape index (κ1) is 14.8. The van der Waals surface area contributed by atoms with E-state index in [9.17, 15) is 5.26 Å². The van der Waals surface area contributed by atoms with E-state index in [0.717, 1.165) is 5.82 Å². The van der Waals surface area contributed by atoms with Crippen molar-refractivity contribution in [1.82, 2.24) is 15.0 Å². The molecule has 1 N–H and O–H groups in total. The number of nitrogens with one attached hydrogen (secondary N) is 1. The molecule has 0 bridgehead atoms. The Labute approximate surface area is 127 Å². The first-order valence-corrected chi connectivity index (χ1v) is 6.69. The predicted molar refractivity (Wildman–Crippen MR) is 80.3 cm³/mol. The average molecular weight is 301 g/mol. The molecule has 2 heterocycles. The first-order valence-electron chi connectivity index (χ1n) is 6.31. The summed E-state index contributed by atoms with van der Waals surface area (Å²) >= 11 is 6.08. The Hall–Kier alpha value is -2.57. The number of anilines is 1. The number of nitrogens with zero attached hydrogens (tertiary/aromatic N) is 5. The van der Waals surface area contributed by atoms with E-state index in [4.69, 9.17) is 18.2 Å². The third kappa shape index (κ3) is 2.81. The number of pyridine rings is 1. The van der Waals surface area contributed by atoms with Crippen molar-refractivity contribution in [2.24, 2.45) is 0 Å². The van der Waals surface area contributed by atoms with Crippen LogP contribution in [0.2, 0.25) is 5.15 Å². The summed E-state index contributed by atoms with van der Waals surface area (Å²) in [5, 5.41) is 9.31. The second-order valence-corrected chi connectivity index (χ2v) is 4.76. The van der Waals surface area contributed by atoms with Gasteiger partial charge in [0, 0.05) is 19.4 Å². The maximum Gasteiger partial charge on any atom is 0.232 e. The predicted octanol–water partition coefficient (Wildman–Crippen LogP) is 3.08. The molecule has 0 radical (unpaired) electrons. The van der Waals surface area contributed by atoms with E-state index in [1.165, 1.54) is 0 Å². The van der Waals surface area contributed by atoms with Gasteiger partial charge in [0.2, 0.25) is 5.69 Å². The molecule has 0 aromatic carbocycles. The van der Waals surface area contributed by atoms with Gasteiger partial charge in [0.25, 0.3) is 0 Å². The van der Waals surface area contributed by atoms with E-state index < -0.39 is 0 Å². The minimum Gasteiger partial charge on any atom is -0.361 e. The molecular formula is C14H13ClN6. The molecule has 7 heteroatoms. The van der Waals surface area contributed by atoms with Crippen molar-refractivity contribution in [3.63, 3.8) is 0 Å². The number of rotatable bonds is 4. The number of imidazole rings is 1. The average Bonchev–Trinajstić information content (AvgIpc) is 2.98. The molecule has 0 aliphatic heterocycles. The second-order valence-electron chi connectivity index (χ2n) is 4.40. The molecule has 0 aliphatic carbocycles. The fourth-order valence-corrected chi connectivity index (χ4v) is 2.34. The van der Waals surface area contributed by atoms with E-state index in [-0.39, 0.29) is 10.7 Å². The zero-order valence-corrected chi connectivity index (χ0v) is 12.4. The van der Waals surface area contributed by atoms with Crippen molar-refractivity contribution in [2.75, 3.05) is 11.9 Å². The van der Waals surface area contributed by atoms with Crippen LogP contribution in [0.3, 0.4) is 0 Å². The summed E-state index contributed by atoms with van der Waals surface area (Å²) in [6, 6.07) is 2.03. The van der Waals surface area contributed by atoms with Gasteiger partial charge in [0.15, 0.2) is 0 Å². The molecule has 2 rings (SSSR count). The Morgan fingerprint density at radius 2 is 2.33 bits per heavy atom. The Morgan fingerprint density at radius 1 is 1.57 bits per heavy atom. The Kier molecular flexibility index (Phi) is 4.42. The van der Waals surface area contributed by atoms with Gasteiger partial charge in [-0.3, -0.25) is 0 Å². The number of hydrogen-bond donors (Lipinski definition) is 1. The van der Waals surface area contributed by atoms with Crippen molar-refractivity contribution in [2.45, 2.75) is 19.9 Å². The van der Waals surface area contributed by atoms with E-state index in [1.807, 2.05) is 13.0 Å². The molecule has 0 amide bonds. The second kappa shape index (κ2) is 6.25. The van der Waals surface area contributed by atoms with E-state index in [2.05, 4.69) is 19.8 Å². The Bertz CT molecular complexity index is 723. The first-order chi connectivity index (χ1) is 10.1. The number of aromatic amines is 1. The molecule has 0 atom stereocenters. The standard InChI is InChI=1S/C14H13ClN6/c1-4-9-10(7-16)13(15)20-14(12(9)17-2)21(3)8-11-18-5-6-19-11/h5-6H,4,8H2,1,3H3,(H,18,19). The highest BCUT2D eigenvalue weighted by atomic mass is 35.5. The van der Waals surface area contributed by atoms with Crippen LogP contribution in [0.1, 0.15) is 23.9 Å². The summed E-state index contributed by atoms with van der Waals surface area (Å²) in [5.74, 6) is 1.22. The van der Waals surface area contributed by atoms with Gasteiger partial charge in [-0.05, 0) is 12.0 Å². The van der Waals surface area contributed by atoms with Crippen molar-refractivity contribution in [1.29, 1.82) is 5.26 Å². The SMILES string of the molecule is [C-]#[N+]c1c(N(C)Cc2ncc[nH]2)nc(Cl)c(C#N)c1CC. The Morgan fingerprint density at radius 3 is 2.86 bits per heavy atom. The molecular weight excluding hydrogens is 288 g/mol. The molecule has 6 nitrogen and oxygen atoms in total. The van der Waals surface area contributed by atoms with Crippen LogP contribution < -0.4 is 4.90 Å². The quantitative estimate of drug-likeness (QED) is 0.695. The fraction of sp³-hybridized carbons (Fsp3) is 0.286. The number of nitriles is 1. The third-order valence-corrected chi connectivity index (χ3v) is 3.36. The van der Waals surface area contributed by atoms with Crippen LogP contribution in [0, 0.1) is 17.9 Å². The van der Waals surface area contributed by atoms with Crippen LogP contribution in [-0.4, -0.2) is 22.0 Å². The lowest BCUT2D eigenvalue weighted by atomic mass is 10.1. The van der Waals surface area contributed by atoms with Crippen molar-refractivity contribution in [3.05, 3.63) is 45.9 Å². The molecule has 0 aliphatic rings. The molecule has 0 fully saturated rings. The summed E-state index contributed by atoms with van der Waals surface area (Å²) in [6.45, 7) is 9.75. The Balaban J connectivity index is 2.51. The molecule has 0 spiro atoms. The van der Waals surface area contributed by atoms with Gasteiger partial charge in [-0.15, -0.1) is 0 Å². The largest absolute Gasteiger partial charge is 0.361 e. The highest BCUT2D eigenvalue weighted by Gasteiger charge is 2.20. The number of hydrogen-bond acceptors (Lipinski definition) is 4. The van der Waals surface area contributed by atoms with Crippen LogP contribution in [0.15, 0.2) is 12.4 Å². The van der Waals surface area contributed by atoms with Gasteiger partial charge < -0.3 is 9.88 Å². The lowest BCUT2D eigenvalue weighted by Gasteiger charge is -2.20. The molecule has 2 aromatic rings. The van der Waals surface area contributed by atoms with Crippen LogP contribution in [0.5, 0.6) is 0 Å². The summed E-state index contributed by atoms with van der Waals surface area (Å²) in [6.07, 6.45) is 3.94. The number of halogens is 1. The topological polar surface area (TPSA) is 73.0 Å². The minimum absolute atomic E-state index is 0.128. The van der Waals surface area contributed by atoms with Crippen molar-refractivity contribution < 1.29 is 0 Å². The zero-order chi connectivity index (χ0) is 15.4. The lowest BCUT2D eigenvalue weighted by Crippen LogP contribution is -2.19. The van der Waals surface area contributed by atoms with Gasteiger partial charge >= 0.3 is 0 Å². The summed E-state index contributed by atoms with van der Waals surface area (Å²) < 4.78 is 0. The van der Waals surface area contributed by atoms with Gasteiger partial charge in [-0.1, -0.05) is 18.5 Å². The van der Waals surface area contributed by atoms with Crippen LogP contribution in [0.4, 0.5) is 11.5 Å². The van der Waals surface area contributed by atoms with Crippen molar-refractivity contribution >= 4 is 23.1 Å². The zero-order valence-electron chi connectivity index (χ0n) is 11.7. The van der Waals surface area contributed by atoms with Crippen LogP contribution >= 0.6 is 11.6 Å². The van der Waals surface area contributed by atoms with Crippen molar-refractivity contribution in [3.8, 4) is 6.07 Å². The monoisotopic (exact) mass is 300 g/mol. The summed E-state index contributed by atoms with van der Waals surface area (Å²) in [7, 11) is 1.81. The van der Waals surface area contributed by atoms with E-state index in [1.54, 1.807) is 24.3 Å². The van der Waals surface area contributed by atoms with Gasteiger partial charge in [0.1, 0.15) is 22.9 Å². The molecule has 0 saturated heterocycles. The number of aromatic nitrogens is 3. The maximum absolute atomic E-state index is 9.18. The minimum atomic E-state index is 0.128. The molecule has 106 valence electrons. The molecule has 0 saturated carbocycles. The van der Waals surface area contributed by atoms with Crippen LogP contribution in [0.25, 0.3) is 4.85 Å². The van der Waals surface area contributed by atoms with E-state index in [0.29, 0.717) is 30.0 Å². The summed E-state index contributed by atoms with van der Waals surface area (Å²) in [5.41, 5.74) is 1.28. The van der Waals surface area contributed by atoms with E-state index >= 15 is 0 Å². The van der Waals surface area contributed by atoms with Crippen LogP contribution in [-0.2, 0) is 13.0 Å². The van der Waals surface area contributed by atoms with Gasteiger partial charge in [-0.25, -0.2) is 14.8 Å². The molecule has 21 heavy (non-hydrogen) atoms. The van der Waals surface area contributed by atoms with Gasteiger partial charge in [0.05, 0.1) is 18.7 Å². The normalized spacial score (nSPS) is 9.95. The maximum atomic E-state index is 9.18. The molecule has 2 aromatic heterocycles. The fourth-order valence-electron chi connectivity index (χ4n) is 2.11. The third-order valence-electron chi connectivity index (χ3n) is 3.09. The lowest BCUT2D eigenvalue weighted by molar-refractivity contribution is 0.843. The summed E-state index contributed by atoms with van der Waals surface area (Å²) in [4.78, 5) is 16.7. The molecule has 0 unspecified atom stereocenters. The smallest absolute Gasteiger partial charge is 0.232 e. The number of H-pyrrole nitrogens is 1.